The van der Waals surface area contributed by atoms with E-state index in [1.54, 1.807) is 60.9 Å². The number of rotatable bonds is 0. The molecule has 0 bridgehead atoms. The van der Waals surface area contributed by atoms with E-state index in [2.05, 4.69) is 0 Å². The number of aromatic nitrogens is 3. The molecule has 3 rings (SSSR count). The van der Waals surface area contributed by atoms with Crippen molar-refractivity contribution in [1.29, 1.82) is 0 Å². The van der Waals surface area contributed by atoms with E-state index in [1.807, 2.05) is 47.6 Å². The minimum absolute atomic E-state index is 0. The molecule has 3 heterocycles. The summed E-state index contributed by atoms with van der Waals surface area (Å²) in [4.78, 5) is 0. The molecule has 0 radical (unpaired) electrons. The van der Waals surface area contributed by atoms with Crippen LogP contribution in [0.5, 0.6) is 0 Å². The van der Waals surface area contributed by atoms with Crippen molar-refractivity contribution in [3.63, 3.8) is 0 Å². The molecule has 0 saturated carbocycles. The summed E-state index contributed by atoms with van der Waals surface area (Å²) in [6.45, 7) is 12.0. The highest BCUT2D eigenvalue weighted by molar-refractivity contribution is 4.84. The van der Waals surface area contributed by atoms with Crippen LogP contribution in [0.25, 0.3) is 0 Å². The van der Waals surface area contributed by atoms with Crippen LogP contribution in [0, 0.1) is 10.4 Å². The first kappa shape index (κ1) is 36.7. The molecule has 3 aromatic rings. The average molecular weight is 409 g/mol. The minimum Gasteiger partial charge on any atom is -0.619 e. The quantitative estimate of drug-likeness (QED) is 0.315. The van der Waals surface area contributed by atoms with E-state index in [9.17, 15) is 10.4 Å². The van der Waals surface area contributed by atoms with Crippen molar-refractivity contribution in [3.8, 4) is 0 Å². The lowest BCUT2D eigenvalue weighted by Gasteiger charge is -1.88. The Bertz CT molecular complexity index is 506. The van der Waals surface area contributed by atoms with Crippen LogP contribution in [-0.2, 0) is 0 Å². The fourth-order valence-electron chi connectivity index (χ4n) is 1.16. The number of hydrogen-bond donors (Lipinski definition) is 1. The second kappa shape index (κ2) is 32.5. The Morgan fingerprint density at radius 2 is 0.655 bits per heavy atom. The fourth-order valence-corrected chi connectivity index (χ4v) is 1.16. The molecular weight excluding hydrogens is 366 g/mol. The van der Waals surface area contributed by atoms with Crippen molar-refractivity contribution in [1.82, 2.24) is 0 Å². The summed E-state index contributed by atoms with van der Waals surface area (Å²) in [5, 5.41) is 28.9. The molecule has 0 aliphatic heterocycles. The lowest BCUT2D eigenvalue weighted by molar-refractivity contribution is -0.904. The zero-order valence-corrected chi connectivity index (χ0v) is 17.3. The van der Waals surface area contributed by atoms with Gasteiger partial charge in [-0.05, 0) is 0 Å². The zero-order chi connectivity index (χ0) is 21.3. The summed E-state index contributed by atoms with van der Waals surface area (Å²) in [7, 11) is 0. The molecule has 166 valence electrons. The highest BCUT2D eigenvalue weighted by Crippen LogP contribution is 1.73. The van der Waals surface area contributed by atoms with Crippen molar-refractivity contribution < 1.29 is 19.4 Å². The molecule has 0 fully saturated rings. The third kappa shape index (κ3) is 29.8. The van der Waals surface area contributed by atoms with Gasteiger partial charge in [-0.2, -0.15) is 9.46 Å². The second-order valence-electron chi connectivity index (χ2n) is 3.73. The average Bonchev–Trinajstić information content (AvgIpc) is 2.75. The van der Waals surface area contributed by atoms with Crippen LogP contribution in [0.3, 0.4) is 0 Å². The van der Waals surface area contributed by atoms with Crippen LogP contribution in [0.1, 0.15) is 56.4 Å². The number of hydrogen-bond acceptors (Lipinski definition) is 3. The van der Waals surface area contributed by atoms with E-state index >= 15 is 0 Å². The van der Waals surface area contributed by atoms with Gasteiger partial charge in [-0.1, -0.05) is 74.6 Å². The highest BCUT2D eigenvalue weighted by atomic mass is 16.5. The Balaban J connectivity index is -0.0000000853. The van der Waals surface area contributed by atoms with Crippen molar-refractivity contribution >= 4 is 0 Å². The summed E-state index contributed by atoms with van der Waals surface area (Å²) in [5.74, 6) is 0. The van der Waals surface area contributed by atoms with E-state index in [0.717, 1.165) is 14.2 Å². The first-order valence-corrected chi connectivity index (χ1v) is 9.11. The lowest BCUT2D eigenvalue weighted by Crippen LogP contribution is -2.27. The van der Waals surface area contributed by atoms with Crippen LogP contribution in [0.2, 0.25) is 0 Å². The van der Waals surface area contributed by atoms with E-state index < -0.39 is 0 Å². The maximum absolute atomic E-state index is 10.2. The third-order valence-corrected chi connectivity index (χ3v) is 2.08. The molecular formula is C23H42N3O3+. The monoisotopic (exact) mass is 408 g/mol. The molecule has 0 aromatic carbocycles. The van der Waals surface area contributed by atoms with Gasteiger partial charge >= 0.3 is 0 Å². The van der Waals surface area contributed by atoms with E-state index in [4.69, 9.17) is 5.21 Å². The molecule has 29 heavy (non-hydrogen) atoms. The standard InChI is InChI=1S/C5H6NO.2C5H5NO.3C2H6.2CH4/c3*7-6-4-2-1-3-5-6;3*1-2;;/h1-5,7H;2*1-5H;3*1-2H3;2*1H4/q+1;;;;;;;. The Kier molecular flexibility index (Phi) is 41.2. The van der Waals surface area contributed by atoms with Crippen LogP contribution in [0.4, 0.5) is 0 Å². The lowest BCUT2D eigenvalue weighted by atomic mass is 10.5. The van der Waals surface area contributed by atoms with Gasteiger partial charge in [-0.15, -0.1) is 0 Å². The van der Waals surface area contributed by atoms with Gasteiger partial charge in [0.15, 0.2) is 24.8 Å². The Morgan fingerprint density at radius 1 is 0.448 bits per heavy atom. The SMILES string of the molecule is C.C.CC.CC.CC.O[n+]1ccccc1.[O-][n+]1ccccc1.[O-][n+]1ccccc1. The van der Waals surface area contributed by atoms with Gasteiger partial charge in [0, 0.05) is 41.1 Å². The zero-order valence-electron chi connectivity index (χ0n) is 17.3. The molecule has 0 aliphatic rings. The highest BCUT2D eigenvalue weighted by Gasteiger charge is 1.82. The first-order chi connectivity index (χ1) is 13.2. The van der Waals surface area contributed by atoms with Crippen molar-refractivity contribution in [2.24, 2.45) is 0 Å². The molecule has 6 nitrogen and oxygen atoms in total. The summed E-state index contributed by atoms with van der Waals surface area (Å²) in [6, 6.07) is 15.7. The van der Waals surface area contributed by atoms with Crippen molar-refractivity contribution in [3.05, 3.63) is 102 Å². The topological polar surface area (TPSA) is 78.0 Å². The summed E-state index contributed by atoms with van der Waals surface area (Å²) in [5.41, 5.74) is 0. The molecule has 3 aromatic heterocycles. The van der Waals surface area contributed by atoms with Gasteiger partial charge in [0.2, 0.25) is 12.4 Å². The Morgan fingerprint density at radius 3 is 0.759 bits per heavy atom. The third-order valence-electron chi connectivity index (χ3n) is 2.08. The second-order valence-corrected chi connectivity index (χ2v) is 3.73. The summed E-state index contributed by atoms with van der Waals surface area (Å²) < 4.78 is 2.50. The molecule has 1 N–H and O–H groups in total. The summed E-state index contributed by atoms with van der Waals surface area (Å²) in [6.07, 6.45) is 8.89. The normalized spacial score (nSPS) is 6.83. The molecule has 0 unspecified atom stereocenters. The van der Waals surface area contributed by atoms with Gasteiger partial charge in [-0.3, -0.25) is 5.21 Å². The van der Waals surface area contributed by atoms with Crippen LogP contribution in [0.15, 0.2) is 91.8 Å². The largest absolute Gasteiger partial charge is 0.619 e. The molecule has 0 atom stereocenters. The van der Waals surface area contributed by atoms with Crippen molar-refractivity contribution in [2.75, 3.05) is 0 Å². The van der Waals surface area contributed by atoms with Gasteiger partial charge in [0.05, 0.1) is 0 Å². The van der Waals surface area contributed by atoms with E-state index in [1.165, 1.54) is 24.8 Å². The van der Waals surface area contributed by atoms with Crippen LogP contribution < -0.4 is 14.2 Å². The molecule has 0 saturated heterocycles. The van der Waals surface area contributed by atoms with E-state index in [0.29, 0.717) is 0 Å². The molecule has 0 spiro atoms. The van der Waals surface area contributed by atoms with Crippen molar-refractivity contribution in [2.45, 2.75) is 56.4 Å². The maximum atomic E-state index is 10.2. The molecule has 6 heteroatoms. The van der Waals surface area contributed by atoms with Gasteiger partial charge in [0.1, 0.15) is 0 Å². The maximum Gasteiger partial charge on any atom is 0.222 e. The molecule has 0 aliphatic carbocycles. The van der Waals surface area contributed by atoms with Gasteiger partial charge in [-0.25, -0.2) is 0 Å². The predicted molar refractivity (Wildman–Crippen MR) is 122 cm³/mol. The number of pyridine rings is 3. The van der Waals surface area contributed by atoms with Crippen LogP contribution >= 0.6 is 0 Å². The minimum atomic E-state index is 0. The fraction of sp³-hybridized carbons (Fsp3) is 0.348. The van der Waals surface area contributed by atoms with E-state index in [-0.39, 0.29) is 14.9 Å². The molecule has 0 amide bonds. The first-order valence-electron chi connectivity index (χ1n) is 9.11. The number of nitrogens with zero attached hydrogens (tertiary/aromatic N) is 3. The Labute approximate surface area is 178 Å². The smallest absolute Gasteiger partial charge is 0.222 e. The van der Waals surface area contributed by atoms with Gasteiger partial charge < -0.3 is 10.4 Å². The van der Waals surface area contributed by atoms with Crippen LogP contribution in [-0.4, -0.2) is 5.21 Å². The predicted octanol–water partition coefficient (Wildman–Crippen LogP) is 5.20. The Hall–Kier alpha value is -3.15. The summed E-state index contributed by atoms with van der Waals surface area (Å²) >= 11 is 0. The van der Waals surface area contributed by atoms with Gasteiger partial charge in [0.25, 0.3) is 0 Å².